The van der Waals surface area contributed by atoms with Crippen LogP contribution in [0.3, 0.4) is 0 Å². The minimum atomic E-state index is -0.685. The summed E-state index contributed by atoms with van der Waals surface area (Å²) in [6.45, 7) is 0.319. The van der Waals surface area contributed by atoms with Crippen LogP contribution in [0, 0.1) is 17.3 Å². The van der Waals surface area contributed by atoms with E-state index in [1.807, 2.05) is 0 Å². The van der Waals surface area contributed by atoms with Crippen LogP contribution in [0.1, 0.15) is 25.7 Å². The molecule has 0 aromatic carbocycles. The van der Waals surface area contributed by atoms with Crippen LogP contribution in [0.15, 0.2) is 0 Å². The highest BCUT2D eigenvalue weighted by atomic mass is 16.4. The van der Waals surface area contributed by atoms with Crippen LogP contribution in [-0.4, -0.2) is 17.6 Å². The summed E-state index contributed by atoms with van der Waals surface area (Å²) >= 11 is 0. The van der Waals surface area contributed by atoms with Crippen molar-refractivity contribution in [2.45, 2.75) is 25.7 Å². The first kappa shape index (κ1) is 8.05. The molecule has 0 aromatic heterocycles. The van der Waals surface area contributed by atoms with E-state index in [2.05, 4.69) is 0 Å². The number of carbonyl (C=O) groups is 1. The lowest BCUT2D eigenvalue weighted by Crippen LogP contribution is -2.27. The number of aliphatic carboxylic acids is 1. The Hall–Kier alpha value is -0.570. The molecule has 3 N–H and O–H groups in total. The van der Waals surface area contributed by atoms with E-state index in [1.165, 1.54) is 12.8 Å². The van der Waals surface area contributed by atoms with Gasteiger partial charge in [-0.15, -0.1) is 0 Å². The molecular weight excluding hydrogens is 154 g/mol. The lowest BCUT2D eigenvalue weighted by atomic mass is 10.0. The van der Waals surface area contributed by atoms with Crippen molar-refractivity contribution < 1.29 is 9.90 Å². The third kappa shape index (κ3) is 1.12. The Balaban J connectivity index is 1.91. The minimum Gasteiger partial charge on any atom is -0.481 e. The Labute approximate surface area is 71.9 Å². The summed E-state index contributed by atoms with van der Waals surface area (Å²) in [4.78, 5) is 10.8. The molecule has 0 heterocycles. The Bertz CT molecular complexity index is 213. The molecule has 3 heteroatoms. The maximum Gasteiger partial charge on any atom is 0.311 e. The molecule has 2 unspecified atom stereocenters. The van der Waals surface area contributed by atoms with Gasteiger partial charge in [-0.2, -0.15) is 0 Å². The Morgan fingerprint density at radius 1 is 1.58 bits per heavy atom. The van der Waals surface area contributed by atoms with Gasteiger partial charge in [0.1, 0.15) is 0 Å². The number of carboxylic acid groups (broad SMARTS) is 1. The highest BCUT2D eigenvalue weighted by Crippen LogP contribution is 2.57. The van der Waals surface area contributed by atoms with E-state index in [1.54, 1.807) is 0 Å². The van der Waals surface area contributed by atoms with Gasteiger partial charge in [0.2, 0.25) is 0 Å². The van der Waals surface area contributed by atoms with Gasteiger partial charge >= 0.3 is 5.97 Å². The molecule has 0 saturated heterocycles. The zero-order valence-electron chi connectivity index (χ0n) is 7.12. The van der Waals surface area contributed by atoms with Crippen LogP contribution >= 0.6 is 0 Å². The molecule has 3 nitrogen and oxygen atoms in total. The maximum atomic E-state index is 10.8. The summed E-state index contributed by atoms with van der Waals surface area (Å²) < 4.78 is 0. The van der Waals surface area contributed by atoms with E-state index >= 15 is 0 Å². The second kappa shape index (κ2) is 2.46. The lowest BCUT2D eigenvalue weighted by molar-refractivity contribution is -0.143. The average Bonchev–Trinajstić information content (AvgIpc) is 2.86. The van der Waals surface area contributed by atoms with Crippen LogP contribution in [0.25, 0.3) is 0 Å². The van der Waals surface area contributed by atoms with E-state index < -0.39 is 11.4 Å². The van der Waals surface area contributed by atoms with E-state index in [0.717, 1.165) is 18.8 Å². The first-order chi connectivity index (χ1) is 5.69. The van der Waals surface area contributed by atoms with Gasteiger partial charge in [-0.05, 0) is 24.7 Å². The fourth-order valence-corrected chi connectivity index (χ4v) is 2.04. The third-order valence-electron chi connectivity index (χ3n) is 3.34. The molecular formula is C9H15NO2. The van der Waals surface area contributed by atoms with Gasteiger partial charge in [0.05, 0.1) is 5.41 Å². The predicted octanol–water partition coefficient (Wildman–Crippen LogP) is 0.836. The Kier molecular flexibility index (Phi) is 1.65. The molecule has 2 aliphatic rings. The zero-order valence-corrected chi connectivity index (χ0v) is 7.12. The van der Waals surface area contributed by atoms with Crippen molar-refractivity contribution in [3.8, 4) is 0 Å². The van der Waals surface area contributed by atoms with Gasteiger partial charge in [0, 0.05) is 6.54 Å². The van der Waals surface area contributed by atoms with Crippen molar-refractivity contribution in [2.75, 3.05) is 6.54 Å². The summed E-state index contributed by atoms with van der Waals surface area (Å²) in [6.07, 6.45) is 4.52. The molecule has 0 spiro atoms. The number of hydrogen-bond donors (Lipinski definition) is 2. The monoisotopic (exact) mass is 169 g/mol. The van der Waals surface area contributed by atoms with Crippen molar-refractivity contribution in [3.05, 3.63) is 0 Å². The Morgan fingerprint density at radius 3 is 2.58 bits per heavy atom. The highest BCUT2D eigenvalue weighted by molar-refractivity contribution is 5.79. The van der Waals surface area contributed by atoms with Crippen molar-refractivity contribution >= 4 is 5.97 Å². The molecule has 0 radical (unpaired) electrons. The summed E-state index contributed by atoms with van der Waals surface area (Å²) in [7, 11) is 0. The van der Waals surface area contributed by atoms with Gasteiger partial charge in [0.25, 0.3) is 0 Å². The quantitative estimate of drug-likeness (QED) is 0.655. The topological polar surface area (TPSA) is 63.3 Å². The molecule has 0 amide bonds. The largest absolute Gasteiger partial charge is 0.481 e. The minimum absolute atomic E-state index is 0.319. The summed E-state index contributed by atoms with van der Waals surface area (Å²) in [5.74, 6) is 0.519. The molecule has 2 atom stereocenters. The molecule has 0 bridgehead atoms. The second-order valence-electron chi connectivity index (χ2n) is 4.25. The fourth-order valence-electron chi connectivity index (χ4n) is 2.04. The number of rotatable bonds is 4. The predicted molar refractivity (Wildman–Crippen MR) is 44.6 cm³/mol. The van der Waals surface area contributed by atoms with Gasteiger partial charge in [-0.1, -0.05) is 12.8 Å². The fraction of sp³-hybridized carbons (Fsp3) is 0.889. The van der Waals surface area contributed by atoms with E-state index in [4.69, 9.17) is 10.8 Å². The number of nitrogens with two attached hydrogens (primary N) is 1. The van der Waals surface area contributed by atoms with Gasteiger partial charge in [-0.25, -0.2) is 0 Å². The standard InChI is InChI=1S/C9H15NO2/c10-5-9(8(11)12)4-7(9)3-6-1-2-6/h6-7H,1-5,10H2,(H,11,12). The SMILES string of the molecule is NCC1(C(=O)O)CC1CC1CC1. The third-order valence-corrected chi connectivity index (χ3v) is 3.34. The molecule has 12 heavy (non-hydrogen) atoms. The van der Waals surface area contributed by atoms with Gasteiger partial charge < -0.3 is 10.8 Å². The van der Waals surface area contributed by atoms with Crippen LogP contribution in [-0.2, 0) is 4.79 Å². The molecule has 2 rings (SSSR count). The van der Waals surface area contributed by atoms with Crippen LogP contribution in [0.5, 0.6) is 0 Å². The van der Waals surface area contributed by atoms with Gasteiger partial charge in [0.15, 0.2) is 0 Å². The summed E-state index contributed by atoms with van der Waals surface area (Å²) in [5.41, 5.74) is 4.95. The van der Waals surface area contributed by atoms with E-state index in [9.17, 15) is 4.79 Å². The average molecular weight is 169 g/mol. The number of hydrogen-bond acceptors (Lipinski definition) is 2. The first-order valence-corrected chi connectivity index (χ1v) is 4.62. The normalized spacial score (nSPS) is 39.6. The van der Waals surface area contributed by atoms with Crippen LogP contribution < -0.4 is 5.73 Å². The van der Waals surface area contributed by atoms with E-state index in [0.29, 0.717) is 12.5 Å². The maximum absolute atomic E-state index is 10.8. The first-order valence-electron chi connectivity index (χ1n) is 4.62. The van der Waals surface area contributed by atoms with Crippen molar-refractivity contribution in [2.24, 2.45) is 23.0 Å². The Morgan fingerprint density at radius 2 is 2.25 bits per heavy atom. The molecule has 0 aromatic rings. The molecule has 2 fully saturated rings. The highest BCUT2D eigenvalue weighted by Gasteiger charge is 2.59. The van der Waals surface area contributed by atoms with Gasteiger partial charge in [-0.3, -0.25) is 4.79 Å². The van der Waals surface area contributed by atoms with Crippen molar-refractivity contribution in [1.29, 1.82) is 0 Å². The molecule has 2 saturated carbocycles. The zero-order chi connectivity index (χ0) is 8.77. The van der Waals surface area contributed by atoms with Crippen LogP contribution in [0.4, 0.5) is 0 Å². The van der Waals surface area contributed by atoms with Crippen LogP contribution in [0.2, 0.25) is 0 Å². The van der Waals surface area contributed by atoms with Crippen molar-refractivity contribution in [1.82, 2.24) is 0 Å². The van der Waals surface area contributed by atoms with Crippen molar-refractivity contribution in [3.63, 3.8) is 0 Å². The lowest BCUT2D eigenvalue weighted by Gasteiger charge is -2.07. The molecule has 2 aliphatic carbocycles. The summed E-state index contributed by atoms with van der Waals surface area (Å²) in [5, 5.41) is 8.93. The summed E-state index contributed by atoms with van der Waals surface area (Å²) in [6, 6.07) is 0. The smallest absolute Gasteiger partial charge is 0.311 e. The second-order valence-corrected chi connectivity index (χ2v) is 4.25. The number of carboxylic acids is 1. The molecule has 0 aliphatic heterocycles. The molecule has 68 valence electrons. The van der Waals surface area contributed by atoms with E-state index in [-0.39, 0.29) is 0 Å².